The van der Waals surface area contributed by atoms with Gasteiger partial charge >= 0.3 is 0 Å². The van der Waals surface area contributed by atoms with Crippen LogP contribution in [-0.2, 0) is 12.8 Å². The molecule has 0 spiro atoms. The van der Waals surface area contributed by atoms with E-state index in [-0.39, 0.29) is 5.38 Å². The van der Waals surface area contributed by atoms with Crippen LogP contribution < -0.4 is 0 Å². The van der Waals surface area contributed by atoms with Crippen LogP contribution in [0.4, 0.5) is 0 Å². The van der Waals surface area contributed by atoms with Gasteiger partial charge in [-0.2, -0.15) is 0 Å². The van der Waals surface area contributed by atoms with Crippen LogP contribution in [0.3, 0.4) is 0 Å². The summed E-state index contributed by atoms with van der Waals surface area (Å²) in [5.41, 5.74) is 4.85. The summed E-state index contributed by atoms with van der Waals surface area (Å²) in [4.78, 5) is 0. The lowest BCUT2D eigenvalue weighted by molar-refractivity contribution is 0.673. The Morgan fingerprint density at radius 1 is 1.28 bits per heavy atom. The predicted molar refractivity (Wildman–Crippen MR) is 72.3 cm³/mol. The van der Waals surface area contributed by atoms with Crippen molar-refractivity contribution in [3.8, 4) is 5.69 Å². The van der Waals surface area contributed by atoms with Crippen molar-refractivity contribution in [2.75, 3.05) is 0 Å². The van der Waals surface area contributed by atoms with Gasteiger partial charge in [-0.15, -0.1) is 16.7 Å². The number of aromatic nitrogens is 3. The monoisotopic (exact) mass is 261 g/mol. The number of benzene rings is 1. The fourth-order valence-electron chi connectivity index (χ4n) is 2.55. The molecule has 1 aromatic carbocycles. The molecule has 0 fully saturated rings. The first-order valence-electron chi connectivity index (χ1n) is 6.43. The minimum absolute atomic E-state index is 0.0988. The largest absolute Gasteiger partial charge is 0.220 e. The van der Waals surface area contributed by atoms with Gasteiger partial charge in [-0.1, -0.05) is 17.3 Å². The summed E-state index contributed by atoms with van der Waals surface area (Å²) in [5, 5.41) is 8.22. The first kappa shape index (κ1) is 11.7. The highest BCUT2D eigenvalue weighted by Gasteiger charge is 2.15. The highest BCUT2D eigenvalue weighted by atomic mass is 35.5. The predicted octanol–water partition coefficient (Wildman–Crippen LogP) is 3.45. The molecule has 0 saturated heterocycles. The third-order valence-electron chi connectivity index (χ3n) is 3.54. The molecule has 0 amide bonds. The molecule has 1 aliphatic rings. The van der Waals surface area contributed by atoms with Gasteiger partial charge in [0, 0.05) is 0 Å². The van der Waals surface area contributed by atoms with Crippen molar-refractivity contribution in [3.63, 3.8) is 0 Å². The van der Waals surface area contributed by atoms with Crippen molar-refractivity contribution in [2.45, 2.75) is 38.0 Å². The number of nitrogens with zero attached hydrogens (tertiary/aromatic N) is 3. The first-order valence-corrected chi connectivity index (χ1v) is 6.87. The Morgan fingerprint density at radius 2 is 2.11 bits per heavy atom. The second-order valence-electron chi connectivity index (χ2n) is 4.83. The van der Waals surface area contributed by atoms with E-state index in [1.54, 1.807) is 0 Å². The zero-order valence-corrected chi connectivity index (χ0v) is 11.2. The molecule has 0 radical (unpaired) electrons. The van der Waals surface area contributed by atoms with Gasteiger partial charge < -0.3 is 0 Å². The SMILES string of the molecule is CC(Cl)c1cn(-c2cccc3c2CCCC3)nn1. The normalized spacial score (nSPS) is 16.3. The van der Waals surface area contributed by atoms with Gasteiger partial charge in [0.15, 0.2) is 0 Å². The van der Waals surface area contributed by atoms with E-state index in [1.165, 1.54) is 30.4 Å². The molecule has 2 aromatic rings. The highest BCUT2D eigenvalue weighted by Crippen LogP contribution is 2.27. The van der Waals surface area contributed by atoms with Gasteiger partial charge in [-0.05, 0) is 49.8 Å². The van der Waals surface area contributed by atoms with Gasteiger partial charge in [-0.25, -0.2) is 4.68 Å². The van der Waals surface area contributed by atoms with Crippen molar-refractivity contribution >= 4 is 11.6 Å². The fourth-order valence-corrected chi connectivity index (χ4v) is 2.65. The summed E-state index contributed by atoms with van der Waals surface area (Å²) in [5.74, 6) is 0. The lowest BCUT2D eigenvalue weighted by atomic mass is 9.90. The van der Waals surface area contributed by atoms with Crippen molar-refractivity contribution in [1.82, 2.24) is 15.0 Å². The molecule has 0 bridgehead atoms. The number of alkyl halides is 1. The van der Waals surface area contributed by atoms with Crippen LogP contribution >= 0.6 is 11.6 Å². The van der Waals surface area contributed by atoms with E-state index in [2.05, 4.69) is 28.5 Å². The maximum absolute atomic E-state index is 6.03. The van der Waals surface area contributed by atoms with Crippen molar-refractivity contribution in [3.05, 3.63) is 41.2 Å². The van der Waals surface area contributed by atoms with Gasteiger partial charge in [-0.3, -0.25) is 0 Å². The Kier molecular flexibility index (Phi) is 3.08. The molecule has 1 unspecified atom stereocenters. The van der Waals surface area contributed by atoms with E-state index >= 15 is 0 Å². The Morgan fingerprint density at radius 3 is 2.89 bits per heavy atom. The van der Waals surface area contributed by atoms with E-state index in [4.69, 9.17) is 11.6 Å². The Bertz CT molecular complexity index is 560. The summed E-state index contributed by atoms with van der Waals surface area (Å²) >= 11 is 6.03. The molecule has 0 N–H and O–H groups in total. The van der Waals surface area contributed by atoms with Crippen LogP contribution in [0.1, 0.15) is 42.0 Å². The highest BCUT2D eigenvalue weighted by molar-refractivity contribution is 6.20. The van der Waals surface area contributed by atoms with E-state index in [0.29, 0.717) is 0 Å². The number of fused-ring (bicyclic) bond motifs is 1. The smallest absolute Gasteiger partial charge is 0.101 e. The summed E-state index contributed by atoms with van der Waals surface area (Å²) < 4.78 is 1.86. The van der Waals surface area contributed by atoms with Gasteiger partial charge in [0.25, 0.3) is 0 Å². The van der Waals surface area contributed by atoms with E-state index in [1.807, 2.05) is 17.8 Å². The molecule has 1 atom stereocenters. The quantitative estimate of drug-likeness (QED) is 0.776. The zero-order chi connectivity index (χ0) is 12.5. The van der Waals surface area contributed by atoms with Crippen molar-refractivity contribution < 1.29 is 0 Å². The zero-order valence-electron chi connectivity index (χ0n) is 10.4. The van der Waals surface area contributed by atoms with Crippen LogP contribution in [0, 0.1) is 0 Å². The Labute approximate surface area is 112 Å². The maximum Gasteiger partial charge on any atom is 0.101 e. The van der Waals surface area contributed by atoms with E-state index in [9.17, 15) is 0 Å². The minimum atomic E-state index is -0.0988. The molecule has 0 aliphatic heterocycles. The van der Waals surface area contributed by atoms with Crippen LogP contribution in [0.25, 0.3) is 5.69 Å². The lowest BCUT2D eigenvalue weighted by Gasteiger charge is -2.18. The molecule has 18 heavy (non-hydrogen) atoms. The maximum atomic E-state index is 6.03. The van der Waals surface area contributed by atoms with Gasteiger partial charge in [0.2, 0.25) is 0 Å². The number of rotatable bonds is 2. The molecular weight excluding hydrogens is 246 g/mol. The number of aryl methyl sites for hydroxylation is 1. The second kappa shape index (κ2) is 4.73. The topological polar surface area (TPSA) is 30.7 Å². The summed E-state index contributed by atoms with van der Waals surface area (Å²) in [7, 11) is 0. The molecule has 1 heterocycles. The standard InChI is InChI=1S/C14H16ClN3/c1-10(15)13-9-18(17-16-13)14-8-4-6-11-5-2-3-7-12(11)14/h4,6,8-10H,2-3,5,7H2,1H3. The van der Waals surface area contributed by atoms with E-state index < -0.39 is 0 Å². The molecule has 0 saturated carbocycles. The average molecular weight is 262 g/mol. The van der Waals surface area contributed by atoms with Crippen LogP contribution in [0.2, 0.25) is 0 Å². The average Bonchev–Trinajstić information content (AvgIpc) is 2.87. The molecular formula is C14H16ClN3. The van der Waals surface area contributed by atoms with Crippen molar-refractivity contribution in [1.29, 1.82) is 0 Å². The second-order valence-corrected chi connectivity index (χ2v) is 5.48. The molecule has 94 valence electrons. The third kappa shape index (κ3) is 2.03. The number of hydrogen-bond acceptors (Lipinski definition) is 2. The summed E-state index contributed by atoms with van der Waals surface area (Å²) in [6, 6.07) is 6.44. The minimum Gasteiger partial charge on any atom is -0.220 e. The van der Waals surface area contributed by atoms with E-state index in [0.717, 1.165) is 17.8 Å². The molecule has 1 aliphatic carbocycles. The van der Waals surface area contributed by atoms with Crippen LogP contribution in [-0.4, -0.2) is 15.0 Å². The molecule has 3 rings (SSSR count). The lowest BCUT2D eigenvalue weighted by Crippen LogP contribution is -2.08. The first-order chi connectivity index (χ1) is 8.75. The van der Waals surface area contributed by atoms with Gasteiger partial charge in [0.05, 0.1) is 17.3 Å². The molecule has 1 aromatic heterocycles. The van der Waals surface area contributed by atoms with Crippen molar-refractivity contribution in [2.24, 2.45) is 0 Å². The van der Waals surface area contributed by atoms with Gasteiger partial charge in [0.1, 0.15) is 5.69 Å². The molecule has 4 heteroatoms. The van der Waals surface area contributed by atoms with Crippen LogP contribution in [0.15, 0.2) is 24.4 Å². The third-order valence-corrected chi connectivity index (χ3v) is 3.76. The van der Waals surface area contributed by atoms with Crippen LogP contribution in [0.5, 0.6) is 0 Å². The Hall–Kier alpha value is -1.35. The number of hydrogen-bond donors (Lipinski definition) is 0. The molecule has 3 nitrogen and oxygen atoms in total. The summed E-state index contributed by atoms with van der Waals surface area (Å²) in [6.07, 6.45) is 6.80. The fraction of sp³-hybridized carbons (Fsp3) is 0.429. The Balaban J connectivity index is 2.05. The summed E-state index contributed by atoms with van der Waals surface area (Å²) in [6.45, 7) is 1.91. The number of halogens is 1.